The van der Waals surface area contributed by atoms with Gasteiger partial charge in [-0.25, -0.2) is 0 Å². The number of ether oxygens (including phenoxy) is 1. The molecule has 0 spiro atoms. The predicted molar refractivity (Wildman–Crippen MR) is 75.0 cm³/mol. The molecule has 18 heavy (non-hydrogen) atoms. The quantitative estimate of drug-likeness (QED) is 0.771. The van der Waals surface area contributed by atoms with Crippen molar-refractivity contribution >= 4 is 40.8 Å². The number of rotatable bonds is 4. The molecule has 0 aliphatic heterocycles. The van der Waals surface area contributed by atoms with Gasteiger partial charge in [0.15, 0.2) is 6.29 Å². The molecule has 0 aliphatic carbocycles. The molecule has 1 aromatic heterocycles. The second-order valence-corrected chi connectivity index (χ2v) is 5.79. The van der Waals surface area contributed by atoms with E-state index in [2.05, 4.69) is 0 Å². The number of hydrogen-bond acceptors (Lipinski definition) is 3. The molecule has 0 N–H and O–H groups in total. The lowest BCUT2D eigenvalue weighted by Crippen LogP contribution is -2.02. The monoisotopic (exact) mass is 300 g/mol. The number of thiophene rings is 1. The van der Waals surface area contributed by atoms with Crippen molar-refractivity contribution in [3.63, 3.8) is 0 Å². The second kappa shape index (κ2) is 5.85. The lowest BCUT2D eigenvalue weighted by atomic mass is 10.0. The average Bonchev–Trinajstić information content (AvgIpc) is 2.72. The number of methoxy groups -OCH3 is 1. The molecule has 0 unspecified atom stereocenters. The van der Waals surface area contributed by atoms with Crippen molar-refractivity contribution in [2.24, 2.45) is 0 Å². The van der Waals surface area contributed by atoms with Gasteiger partial charge >= 0.3 is 0 Å². The Bertz CT molecular complexity index is 566. The Morgan fingerprint density at radius 2 is 2.11 bits per heavy atom. The van der Waals surface area contributed by atoms with E-state index in [-0.39, 0.29) is 6.10 Å². The van der Waals surface area contributed by atoms with Crippen molar-refractivity contribution in [2.45, 2.75) is 6.10 Å². The van der Waals surface area contributed by atoms with Crippen LogP contribution in [0.1, 0.15) is 26.9 Å². The number of carbonyl (C=O) groups excluding carboxylic acids is 1. The predicted octanol–water partition coefficient (Wildman–Crippen LogP) is 4.60. The van der Waals surface area contributed by atoms with Gasteiger partial charge in [0.25, 0.3) is 0 Å². The summed E-state index contributed by atoms with van der Waals surface area (Å²) in [5, 5.41) is 0.636. The molecule has 0 bridgehead atoms. The van der Waals surface area contributed by atoms with E-state index >= 15 is 0 Å². The van der Waals surface area contributed by atoms with Gasteiger partial charge in [0.05, 0.1) is 9.21 Å². The molecule has 0 radical (unpaired) electrons. The zero-order valence-corrected chi connectivity index (χ0v) is 11.9. The Morgan fingerprint density at radius 3 is 2.67 bits per heavy atom. The maximum Gasteiger partial charge on any atom is 0.160 e. The minimum absolute atomic E-state index is 0.318. The molecule has 0 amide bonds. The largest absolute Gasteiger partial charge is 0.372 e. The van der Waals surface area contributed by atoms with Crippen LogP contribution in [0.15, 0.2) is 30.3 Å². The first kappa shape index (κ1) is 13.6. The van der Waals surface area contributed by atoms with Crippen molar-refractivity contribution in [1.29, 1.82) is 0 Å². The van der Waals surface area contributed by atoms with E-state index in [1.165, 1.54) is 11.3 Å². The fraction of sp³-hybridized carbons (Fsp3) is 0.154. The van der Waals surface area contributed by atoms with Crippen LogP contribution in [0, 0.1) is 0 Å². The van der Waals surface area contributed by atoms with Gasteiger partial charge in [0.2, 0.25) is 0 Å². The summed E-state index contributed by atoms with van der Waals surface area (Å²) in [6, 6.07) is 9.13. The third-order valence-electron chi connectivity index (χ3n) is 2.52. The fourth-order valence-corrected chi connectivity index (χ4v) is 3.10. The molecule has 0 saturated heterocycles. The molecule has 1 atom stereocenters. The number of hydrogen-bond donors (Lipinski definition) is 0. The van der Waals surface area contributed by atoms with Gasteiger partial charge in [-0.3, -0.25) is 4.79 Å². The molecule has 5 heteroatoms. The van der Waals surface area contributed by atoms with Crippen LogP contribution in [0.3, 0.4) is 0 Å². The number of halogens is 2. The molecular formula is C13H10Cl2O2S. The third kappa shape index (κ3) is 2.75. The van der Waals surface area contributed by atoms with Crippen LogP contribution < -0.4 is 0 Å². The van der Waals surface area contributed by atoms with Crippen LogP contribution >= 0.6 is 34.5 Å². The van der Waals surface area contributed by atoms with Crippen LogP contribution in [0.4, 0.5) is 0 Å². The molecular weight excluding hydrogens is 291 g/mol. The first-order valence-electron chi connectivity index (χ1n) is 5.18. The molecule has 0 saturated carbocycles. The zero-order valence-electron chi connectivity index (χ0n) is 9.52. The highest BCUT2D eigenvalue weighted by Gasteiger charge is 2.19. The van der Waals surface area contributed by atoms with Crippen LogP contribution in [0.2, 0.25) is 9.36 Å². The SMILES string of the molecule is CO[C@H](c1cccc(Cl)c1)c1cc(C=O)sc1Cl. The van der Waals surface area contributed by atoms with Gasteiger partial charge in [-0.15, -0.1) is 11.3 Å². The fourth-order valence-electron chi connectivity index (χ4n) is 1.75. The van der Waals surface area contributed by atoms with E-state index in [1.54, 1.807) is 19.2 Å². The first-order valence-corrected chi connectivity index (χ1v) is 6.75. The standard InChI is InChI=1S/C13H10Cl2O2S/c1-17-12(8-3-2-4-9(14)5-8)11-6-10(7-16)18-13(11)15/h2-7,12H,1H3/t12-/m1/s1. The Balaban J connectivity index is 2.44. The van der Waals surface area contributed by atoms with E-state index in [0.29, 0.717) is 14.2 Å². The molecule has 0 fully saturated rings. The summed E-state index contributed by atoms with van der Waals surface area (Å²) in [7, 11) is 1.60. The minimum Gasteiger partial charge on any atom is -0.372 e. The highest BCUT2D eigenvalue weighted by molar-refractivity contribution is 7.17. The van der Waals surface area contributed by atoms with Gasteiger partial charge in [-0.05, 0) is 23.8 Å². The maximum atomic E-state index is 10.8. The Morgan fingerprint density at radius 1 is 1.33 bits per heavy atom. The van der Waals surface area contributed by atoms with Gasteiger partial charge in [-0.1, -0.05) is 35.3 Å². The Kier molecular flexibility index (Phi) is 4.40. The van der Waals surface area contributed by atoms with Crippen LogP contribution in [-0.2, 0) is 4.74 Å². The topological polar surface area (TPSA) is 26.3 Å². The number of aldehydes is 1. The third-order valence-corrected chi connectivity index (χ3v) is 4.07. The lowest BCUT2D eigenvalue weighted by molar-refractivity contribution is 0.112. The summed E-state index contributed by atoms with van der Waals surface area (Å²) in [4.78, 5) is 11.3. The first-order chi connectivity index (χ1) is 8.65. The average molecular weight is 301 g/mol. The highest BCUT2D eigenvalue weighted by Crippen LogP contribution is 2.36. The van der Waals surface area contributed by atoms with Crippen molar-refractivity contribution in [3.05, 3.63) is 55.7 Å². The van der Waals surface area contributed by atoms with Crippen molar-refractivity contribution < 1.29 is 9.53 Å². The van der Waals surface area contributed by atoms with Crippen molar-refractivity contribution in [2.75, 3.05) is 7.11 Å². The van der Waals surface area contributed by atoms with Crippen molar-refractivity contribution in [3.8, 4) is 0 Å². The van der Waals surface area contributed by atoms with E-state index in [9.17, 15) is 4.79 Å². The summed E-state index contributed by atoms with van der Waals surface area (Å²) in [5.41, 5.74) is 1.69. The van der Waals surface area contributed by atoms with Crippen molar-refractivity contribution in [1.82, 2.24) is 0 Å². The van der Waals surface area contributed by atoms with Gasteiger partial charge < -0.3 is 4.74 Å². The van der Waals surface area contributed by atoms with E-state index in [1.807, 2.05) is 18.2 Å². The number of carbonyl (C=O) groups is 1. The summed E-state index contributed by atoms with van der Waals surface area (Å²) in [6.07, 6.45) is 0.464. The summed E-state index contributed by atoms with van der Waals surface area (Å²) < 4.78 is 6.02. The Labute approximate surface area is 119 Å². The molecule has 2 rings (SSSR count). The number of benzene rings is 1. The van der Waals surface area contributed by atoms with Crippen LogP contribution in [0.25, 0.3) is 0 Å². The Hall–Kier alpha value is -0.870. The highest BCUT2D eigenvalue weighted by atomic mass is 35.5. The molecule has 2 aromatic rings. The van der Waals surface area contributed by atoms with E-state index in [0.717, 1.165) is 17.4 Å². The summed E-state index contributed by atoms with van der Waals surface area (Å²) in [6.45, 7) is 0. The van der Waals surface area contributed by atoms with E-state index in [4.69, 9.17) is 27.9 Å². The summed E-state index contributed by atoms with van der Waals surface area (Å²) >= 11 is 13.3. The smallest absolute Gasteiger partial charge is 0.160 e. The zero-order chi connectivity index (χ0) is 13.1. The summed E-state index contributed by atoms with van der Waals surface area (Å²) in [5.74, 6) is 0. The molecule has 0 aliphatic rings. The van der Waals surface area contributed by atoms with E-state index < -0.39 is 0 Å². The second-order valence-electron chi connectivity index (χ2n) is 3.67. The van der Waals surface area contributed by atoms with Crippen LogP contribution in [-0.4, -0.2) is 13.4 Å². The maximum absolute atomic E-state index is 10.8. The normalized spacial score (nSPS) is 12.4. The van der Waals surface area contributed by atoms with Gasteiger partial charge in [0, 0.05) is 17.7 Å². The van der Waals surface area contributed by atoms with Gasteiger partial charge in [-0.2, -0.15) is 0 Å². The molecule has 94 valence electrons. The molecule has 2 nitrogen and oxygen atoms in total. The molecule has 1 aromatic carbocycles. The molecule has 1 heterocycles. The minimum atomic E-state index is -0.318. The van der Waals surface area contributed by atoms with Crippen LogP contribution in [0.5, 0.6) is 0 Å². The van der Waals surface area contributed by atoms with Gasteiger partial charge in [0.1, 0.15) is 6.10 Å². The lowest BCUT2D eigenvalue weighted by Gasteiger charge is -2.15.